The highest BCUT2D eigenvalue weighted by molar-refractivity contribution is 5.78. The normalized spacial score (nSPS) is 19.5. The van der Waals surface area contributed by atoms with Gasteiger partial charge in [-0.2, -0.15) is 0 Å². The van der Waals surface area contributed by atoms with Crippen molar-refractivity contribution in [1.29, 1.82) is 0 Å². The summed E-state index contributed by atoms with van der Waals surface area (Å²) in [6, 6.07) is 9.66. The van der Waals surface area contributed by atoms with Crippen LogP contribution in [0.15, 0.2) is 35.1 Å². The molecule has 1 saturated carbocycles. The molecule has 1 N–H and O–H groups in total. The summed E-state index contributed by atoms with van der Waals surface area (Å²) in [4.78, 5) is 24.9. The van der Waals surface area contributed by atoms with Crippen LogP contribution >= 0.6 is 0 Å². The quantitative estimate of drug-likeness (QED) is 0.759. The number of carbonyl (C=O) groups is 1. The second-order valence-corrected chi connectivity index (χ2v) is 7.91. The highest BCUT2D eigenvalue weighted by Gasteiger charge is 2.25. The van der Waals surface area contributed by atoms with Gasteiger partial charge in [-0.15, -0.1) is 5.10 Å². The summed E-state index contributed by atoms with van der Waals surface area (Å²) < 4.78 is 2.99. The lowest BCUT2D eigenvalue weighted by atomic mass is 9.79. The van der Waals surface area contributed by atoms with E-state index in [4.69, 9.17) is 0 Å². The first kappa shape index (κ1) is 20.4. The van der Waals surface area contributed by atoms with E-state index in [2.05, 4.69) is 17.3 Å². The molecule has 28 heavy (non-hydrogen) atoms. The Labute approximate surface area is 167 Å². The van der Waals surface area contributed by atoms with Crippen molar-refractivity contribution in [3.05, 3.63) is 40.8 Å². The molecule has 6 nitrogen and oxygen atoms in total. The summed E-state index contributed by atoms with van der Waals surface area (Å²) in [5.41, 5.74) is 0.745. The minimum Gasteiger partial charge on any atom is -0.354 e. The van der Waals surface area contributed by atoms with Gasteiger partial charge in [-0.05, 0) is 31.6 Å². The maximum Gasteiger partial charge on any atom is 0.345 e. The van der Waals surface area contributed by atoms with Crippen LogP contribution in [0.4, 0.5) is 0 Å². The first-order valence-corrected chi connectivity index (χ1v) is 10.6. The van der Waals surface area contributed by atoms with Gasteiger partial charge in [0.05, 0.1) is 6.54 Å². The predicted octanol–water partition coefficient (Wildman–Crippen LogP) is 3.36. The van der Waals surface area contributed by atoms with Crippen LogP contribution in [0.25, 0.3) is 11.4 Å². The topological polar surface area (TPSA) is 68.9 Å². The Balaban J connectivity index is 1.49. The molecule has 0 bridgehead atoms. The fourth-order valence-electron chi connectivity index (χ4n) is 4.11. The van der Waals surface area contributed by atoms with E-state index in [1.54, 1.807) is 11.6 Å². The van der Waals surface area contributed by atoms with Gasteiger partial charge in [0.15, 0.2) is 5.82 Å². The smallest absolute Gasteiger partial charge is 0.345 e. The third kappa shape index (κ3) is 4.91. The molecule has 1 aromatic carbocycles. The number of aromatic nitrogens is 3. The summed E-state index contributed by atoms with van der Waals surface area (Å²) >= 11 is 0. The molecule has 6 heteroatoms. The van der Waals surface area contributed by atoms with Gasteiger partial charge in [-0.1, -0.05) is 56.5 Å². The Kier molecular flexibility index (Phi) is 7.06. The van der Waals surface area contributed by atoms with Gasteiger partial charge in [-0.3, -0.25) is 9.36 Å². The number of rotatable bonds is 8. The average molecular weight is 385 g/mol. The highest BCUT2D eigenvalue weighted by atomic mass is 16.2. The fourth-order valence-corrected chi connectivity index (χ4v) is 4.11. The van der Waals surface area contributed by atoms with E-state index in [0.29, 0.717) is 18.9 Å². The maximum absolute atomic E-state index is 12.5. The Morgan fingerprint density at radius 1 is 1.18 bits per heavy atom. The lowest BCUT2D eigenvalue weighted by Crippen LogP contribution is -2.36. The van der Waals surface area contributed by atoms with Gasteiger partial charge in [0.1, 0.15) is 0 Å². The van der Waals surface area contributed by atoms with Crippen LogP contribution in [0.1, 0.15) is 51.9 Å². The Morgan fingerprint density at radius 3 is 2.57 bits per heavy atom. The molecule has 152 valence electrons. The Bertz CT molecular complexity index is 817. The third-order valence-electron chi connectivity index (χ3n) is 5.88. The van der Waals surface area contributed by atoms with Gasteiger partial charge < -0.3 is 5.32 Å². The zero-order valence-corrected chi connectivity index (χ0v) is 17.1. The van der Waals surface area contributed by atoms with Gasteiger partial charge in [0, 0.05) is 25.1 Å². The van der Waals surface area contributed by atoms with Gasteiger partial charge in [0.2, 0.25) is 5.91 Å². The van der Waals surface area contributed by atoms with Crippen LogP contribution in [0.2, 0.25) is 0 Å². The zero-order valence-electron chi connectivity index (χ0n) is 17.1. The second kappa shape index (κ2) is 9.71. The monoisotopic (exact) mass is 384 g/mol. The van der Waals surface area contributed by atoms with Crippen LogP contribution < -0.4 is 11.0 Å². The average Bonchev–Trinajstić information content (AvgIpc) is 3.02. The molecule has 1 heterocycles. The largest absolute Gasteiger partial charge is 0.354 e. The van der Waals surface area contributed by atoms with E-state index in [0.717, 1.165) is 37.2 Å². The number of benzene rings is 1. The van der Waals surface area contributed by atoms with Crippen molar-refractivity contribution in [2.75, 3.05) is 6.54 Å². The van der Waals surface area contributed by atoms with E-state index in [9.17, 15) is 9.59 Å². The van der Waals surface area contributed by atoms with Gasteiger partial charge >= 0.3 is 5.69 Å². The minimum absolute atomic E-state index is 0.123. The molecule has 0 aliphatic heterocycles. The van der Waals surface area contributed by atoms with E-state index in [-0.39, 0.29) is 17.5 Å². The predicted molar refractivity (Wildman–Crippen MR) is 111 cm³/mol. The Hall–Kier alpha value is -2.37. The molecule has 2 aromatic rings. The molecule has 1 amide bonds. The van der Waals surface area contributed by atoms with Crippen molar-refractivity contribution in [2.24, 2.45) is 18.9 Å². The second-order valence-electron chi connectivity index (χ2n) is 7.91. The zero-order chi connectivity index (χ0) is 19.9. The van der Waals surface area contributed by atoms with Crippen molar-refractivity contribution in [3.8, 4) is 11.4 Å². The SMILES string of the molecule is CCCCC1CCC(C(=O)NCCn2nc(-c3ccccc3)n(C)c2=O)CC1. The van der Waals surface area contributed by atoms with Crippen LogP contribution in [0.5, 0.6) is 0 Å². The number of nitrogens with one attached hydrogen (secondary N) is 1. The lowest BCUT2D eigenvalue weighted by molar-refractivity contribution is -0.126. The van der Waals surface area contributed by atoms with Crippen molar-refractivity contribution in [2.45, 2.75) is 58.4 Å². The number of amides is 1. The molecular weight excluding hydrogens is 352 g/mol. The summed E-state index contributed by atoms with van der Waals surface area (Å²) in [5.74, 6) is 1.69. The molecule has 0 spiro atoms. The van der Waals surface area contributed by atoms with Gasteiger partial charge in [-0.25, -0.2) is 9.48 Å². The molecule has 1 fully saturated rings. The summed E-state index contributed by atoms with van der Waals surface area (Å²) in [6.45, 7) is 3.05. The number of hydrogen-bond donors (Lipinski definition) is 1. The first-order chi connectivity index (χ1) is 13.6. The molecule has 0 radical (unpaired) electrons. The van der Waals surface area contributed by atoms with Crippen LogP contribution in [0.3, 0.4) is 0 Å². The van der Waals surface area contributed by atoms with E-state index in [1.807, 2.05) is 30.3 Å². The maximum atomic E-state index is 12.5. The summed E-state index contributed by atoms with van der Waals surface area (Å²) in [7, 11) is 1.73. The van der Waals surface area contributed by atoms with Gasteiger partial charge in [0.25, 0.3) is 0 Å². The number of nitrogens with zero attached hydrogens (tertiary/aromatic N) is 3. The van der Waals surface area contributed by atoms with E-state index >= 15 is 0 Å². The molecule has 1 aliphatic carbocycles. The molecule has 1 aromatic heterocycles. The van der Waals surface area contributed by atoms with Crippen LogP contribution in [-0.4, -0.2) is 26.8 Å². The third-order valence-corrected chi connectivity index (χ3v) is 5.88. The highest BCUT2D eigenvalue weighted by Crippen LogP contribution is 2.31. The van der Waals surface area contributed by atoms with Crippen molar-refractivity contribution in [1.82, 2.24) is 19.7 Å². The van der Waals surface area contributed by atoms with Crippen molar-refractivity contribution < 1.29 is 4.79 Å². The van der Waals surface area contributed by atoms with Crippen molar-refractivity contribution in [3.63, 3.8) is 0 Å². The standard InChI is InChI=1S/C22H32N4O2/c1-3-4-8-17-11-13-19(14-12-17)21(27)23-15-16-26-22(28)25(2)20(24-26)18-9-6-5-7-10-18/h5-7,9-10,17,19H,3-4,8,11-16H2,1-2H3,(H,23,27). The molecule has 1 aliphatic rings. The first-order valence-electron chi connectivity index (χ1n) is 10.6. The summed E-state index contributed by atoms with van der Waals surface area (Å²) in [5, 5.41) is 7.45. The molecule has 0 saturated heterocycles. The van der Waals surface area contributed by atoms with Crippen LogP contribution in [0, 0.1) is 11.8 Å². The van der Waals surface area contributed by atoms with E-state index < -0.39 is 0 Å². The molecule has 0 atom stereocenters. The Morgan fingerprint density at radius 2 is 1.89 bits per heavy atom. The van der Waals surface area contributed by atoms with Crippen molar-refractivity contribution >= 4 is 5.91 Å². The molecular formula is C22H32N4O2. The number of hydrogen-bond acceptors (Lipinski definition) is 3. The fraction of sp³-hybridized carbons (Fsp3) is 0.591. The minimum atomic E-state index is -0.162. The number of carbonyl (C=O) groups excluding carboxylic acids is 1. The van der Waals surface area contributed by atoms with Crippen LogP contribution in [-0.2, 0) is 18.4 Å². The van der Waals surface area contributed by atoms with E-state index in [1.165, 1.54) is 23.9 Å². The molecule has 0 unspecified atom stereocenters. The number of unbranched alkanes of at least 4 members (excludes halogenated alkanes) is 1. The lowest BCUT2D eigenvalue weighted by Gasteiger charge is -2.27. The summed E-state index contributed by atoms with van der Waals surface area (Å²) in [6.07, 6.45) is 8.15. The molecule has 3 rings (SSSR count).